The van der Waals surface area contributed by atoms with Gasteiger partial charge in [-0.05, 0) is 24.7 Å². The largest absolute Gasteiger partial charge is 0.368 e. The van der Waals surface area contributed by atoms with Crippen molar-refractivity contribution < 1.29 is 0 Å². The molecule has 1 saturated carbocycles. The van der Waals surface area contributed by atoms with Crippen molar-refractivity contribution in [2.75, 3.05) is 13.1 Å². The zero-order chi connectivity index (χ0) is 8.55. The van der Waals surface area contributed by atoms with Crippen LogP contribution in [0.15, 0.2) is 5.10 Å². The van der Waals surface area contributed by atoms with E-state index in [4.69, 9.17) is 11.6 Å². The lowest BCUT2D eigenvalue weighted by atomic mass is 10.0. The van der Waals surface area contributed by atoms with Gasteiger partial charge in [-0.3, -0.25) is 0 Å². The number of hydrogen-bond acceptors (Lipinski definition) is 2. The Labute approximate surface area is 72.6 Å². The number of guanidine groups is 1. The van der Waals surface area contributed by atoms with Gasteiger partial charge in [0.05, 0.1) is 0 Å². The summed E-state index contributed by atoms with van der Waals surface area (Å²) in [5, 5.41) is 3.52. The van der Waals surface area contributed by atoms with E-state index in [2.05, 4.69) is 10.0 Å². The van der Waals surface area contributed by atoms with E-state index in [-0.39, 0.29) is 0 Å². The SMILES string of the molecule is NN=C(N)N1CC2CCCC2C1. The summed E-state index contributed by atoms with van der Waals surface area (Å²) in [4.78, 5) is 2.11. The molecule has 4 N–H and O–H groups in total. The zero-order valence-corrected chi connectivity index (χ0v) is 7.24. The molecular formula is C8H16N4. The maximum absolute atomic E-state index is 5.63. The number of likely N-dealkylation sites (tertiary alicyclic amines) is 1. The summed E-state index contributed by atoms with van der Waals surface area (Å²) >= 11 is 0. The smallest absolute Gasteiger partial charge is 0.213 e. The molecule has 1 aliphatic carbocycles. The first-order valence-corrected chi connectivity index (χ1v) is 4.59. The van der Waals surface area contributed by atoms with Crippen LogP contribution >= 0.6 is 0 Å². The van der Waals surface area contributed by atoms with Gasteiger partial charge < -0.3 is 16.5 Å². The highest BCUT2D eigenvalue weighted by Crippen LogP contribution is 2.37. The number of fused-ring (bicyclic) bond motifs is 1. The fourth-order valence-electron chi connectivity index (χ4n) is 2.50. The van der Waals surface area contributed by atoms with Crippen LogP contribution in [0.1, 0.15) is 19.3 Å². The third-order valence-corrected chi connectivity index (χ3v) is 3.18. The molecular weight excluding hydrogens is 152 g/mol. The Kier molecular flexibility index (Phi) is 1.83. The Morgan fingerprint density at radius 3 is 2.33 bits per heavy atom. The van der Waals surface area contributed by atoms with Gasteiger partial charge in [0, 0.05) is 13.1 Å². The second kappa shape index (κ2) is 2.84. The minimum atomic E-state index is 0.504. The minimum Gasteiger partial charge on any atom is -0.368 e. The van der Waals surface area contributed by atoms with Crippen LogP contribution in [0, 0.1) is 11.8 Å². The summed E-state index contributed by atoms with van der Waals surface area (Å²) in [7, 11) is 0. The molecule has 4 nitrogen and oxygen atoms in total. The summed E-state index contributed by atoms with van der Waals surface area (Å²) in [5.74, 6) is 7.33. The van der Waals surface area contributed by atoms with Gasteiger partial charge in [0.15, 0.2) is 0 Å². The fraction of sp³-hybridized carbons (Fsp3) is 0.875. The second-order valence-electron chi connectivity index (χ2n) is 3.84. The van der Waals surface area contributed by atoms with Crippen molar-refractivity contribution in [3.63, 3.8) is 0 Å². The maximum Gasteiger partial charge on any atom is 0.213 e. The molecule has 1 heterocycles. The van der Waals surface area contributed by atoms with Gasteiger partial charge in [-0.1, -0.05) is 6.42 Å². The number of hydrogen-bond donors (Lipinski definition) is 2. The Balaban J connectivity index is 1.99. The van der Waals surface area contributed by atoms with Gasteiger partial charge in [0.25, 0.3) is 0 Å². The van der Waals surface area contributed by atoms with Crippen LogP contribution in [0.25, 0.3) is 0 Å². The first-order chi connectivity index (χ1) is 5.81. The normalized spacial score (nSPS) is 35.7. The van der Waals surface area contributed by atoms with E-state index in [1.807, 2.05) is 0 Å². The molecule has 2 atom stereocenters. The van der Waals surface area contributed by atoms with Gasteiger partial charge in [-0.15, -0.1) is 5.10 Å². The molecule has 0 aromatic carbocycles. The first-order valence-electron chi connectivity index (χ1n) is 4.59. The monoisotopic (exact) mass is 168 g/mol. The van der Waals surface area contributed by atoms with Crippen molar-refractivity contribution >= 4 is 5.96 Å². The van der Waals surface area contributed by atoms with Crippen LogP contribution in [-0.2, 0) is 0 Å². The minimum absolute atomic E-state index is 0.504. The van der Waals surface area contributed by atoms with E-state index in [1.54, 1.807) is 0 Å². The van der Waals surface area contributed by atoms with Crippen molar-refractivity contribution in [3.8, 4) is 0 Å². The van der Waals surface area contributed by atoms with Gasteiger partial charge in [-0.25, -0.2) is 0 Å². The van der Waals surface area contributed by atoms with Gasteiger partial charge >= 0.3 is 0 Å². The summed E-state index contributed by atoms with van der Waals surface area (Å²) in [6, 6.07) is 0. The highest BCUT2D eigenvalue weighted by atomic mass is 15.3. The lowest BCUT2D eigenvalue weighted by Gasteiger charge is -2.16. The third-order valence-electron chi connectivity index (χ3n) is 3.18. The van der Waals surface area contributed by atoms with E-state index in [1.165, 1.54) is 19.3 Å². The number of nitrogens with two attached hydrogens (primary N) is 2. The molecule has 0 radical (unpaired) electrons. The topological polar surface area (TPSA) is 67.6 Å². The summed E-state index contributed by atoms with van der Waals surface area (Å²) in [5.41, 5.74) is 5.63. The molecule has 0 bridgehead atoms. The van der Waals surface area contributed by atoms with Crippen molar-refractivity contribution in [1.82, 2.24) is 4.90 Å². The molecule has 1 saturated heterocycles. The second-order valence-corrected chi connectivity index (χ2v) is 3.84. The van der Waals surface area contributed by atoms with Crippen molar-refractivity contribution in [1.29, 1.82) is 0 Å². The summed E-state index contributed by atoms with van der Waals surface area (Å²) in [6.07, 6.45) is 4.11. The zero-order valence-electron chi connectivity index (χ0n) is 7.24. The average Bonchev–Trinajstić information content (AvgIpc) is 2.60. The lowest BCUT2D eigenvalue weighted by Crippen LogP contribution is -2.36. The Bertz CT molecular complexity index is 189. The van der Waals surface area contributed by atoms with Crippen molar-refractivity contribution in [3.05, 3.63) is 0 Å². The molecule has 0 aromatic rings. The predicted octanol–water partition coefficient (Wildman–Crippen LogP) is -0.0933. The quantitative estimate of drug-likeness (QED) is 0.230. The molecule has 12 heavy (non-hydrogen) atoms. The number of nitrogens with zero attached hydrogens (tertiary/aromatic N) is 2. The lowest BCUT2D eigenvalue weighted by molar-refractivity contribution is 0.458. The van der Waals surface area contributed by atoms with E-state index < -0.39 is 0 Å². The Morgan fingerprint density at radius 2 is 1.83 bits per heavy atom. The molecule has 4 heteroatoms. The van der Waals surface area contributed by atoms with E-state index >= 15 is 0 Å². The van der Waals surface area contributed by atoms with E-state index in [0.717, 1.165) is 24.9 Å². The van der Waals surface area contributed by atoms with Crippen LogP contribution < -0.4 is 11.6 Å². The van der Waals surface area contributed by atoms with Crippen molar-refractivity contribution in [2.45, 2.75) is 19.3 Å². The van der Waals surface area contributed by atoms with Crippen LogP contribution in [0.4, 0.5) is 0 Å². The van der Waals surface area contributed by atoms with Gasteiger partial charge in [0.1, 0.15) is 0 Å². The van der Waals surface area contributed by atoms with E-state index in [9.17, 15) is 0 Å². The molecule has 2 aliphatic rings. The predicted molar refractivity (Wildman–Crippen MR) is 48.2 cm³/mol. The van der Waals surface area contributed by atoms with Gasteiger partial charge in [-0.2, -0.15) is 0 Å². The highest BCUT2D eigenvalue weighted by Gasteiger charge is 2.36. The third kappa shape index (κ3) is 1.11. The molecule has 2 rings (SSSR count). The van der Waals surface area contributed by atoms with E-state index in [0.29, 0.717) is 5.96 Å². The standard InChI is InChI=1S/C8H16N4/c9-8(11-10)12-4-6-2-1-3-7(6)5-12/h6-7H,1-5,10H2,(H2,9,11). The molecule has 0 amide bonds. The molecule has 0 aromatic heterocycles. The highest BCUT2D eigenvalue weighted by molar-refractivity contribution is 5.78. The van der Waals surface area contributed by atoms with Crippen LogP contribution in [0.5, 0.6) is 0 Å². The van der Waals surface area contributed by atoms with Crippen LogP contribution in [0.3, 0.4) is 0 Å². The fourth-order valence-corrected chi connectivity index (χ4v) is 2.50. The molecule has 68 valence electrons. The average molecular weight is 168 g/mol. The first kappa shape index (κ1) is 7.71. The number of hydrazone groups is 1. The summed E-state index contributed by atoms with van der Waals surface area (Å²) in [6.45, 7) is 2.13. The molecule has 2 fully saturated rings. The Hall–Kier alpha value is -0.930. The maximum atomic E-state index is 5.63. The number of rotatable bonds is 0. The summed E-state index contributed by atoms with van der Waals surface area (Å²) < 4.78 is 0. The van der Waals surface area contributed by atoms with Crippen molar-refractivity contribution in [2.24, 2.45) is 28.5 Å². The van der Waals surface area contributed by atoms with Crippen LogP contribution in [0.2, 0.25) is 0 Å². The molecule has 0 spiro atoms. The molecule has 2 unspecified atom stereocenters. The molecule has 1 aliphatic heterocycles. The van der Waals surface area contributed by atoms with Crippen LogP contribution in [-0.4, -0.2) is 23.9 Å². The van der Waals surface area contributed by atoms with Gasteiger partial charge in [0.2, 0.25) is 5.96 Å². The Morgan fingerprint density at radius 1 is 1.25 bits per heavy atom.